The fourth-order valence-electron chi connectivity index (χ4n) is 4.26. The second-order valence-electron chi connectivity index (χ2n) is 8.55. The summed E-state index contributed by atoms with van der Waals surface area (Å²) in [5, 5.41) is 0.639. The van der Waals surface area contributed by atoms with E-state index in [1.54, 1.807) is 24.3 Å². The van der Waals surface area contributed by atoms with E-state index in [9.17, 15) is 4.79 Å². The Hall–Kier alpha value is -3.25. The molecule has 2 aromatic heterocycles. The number of nitrogens with zero attached hydrogens (tertiary/aromatic N) is 2. The molecule has 4 aromatic rings. The minimum Gasteiger partial charge on any atom is -0.485 e. The van der Waals surface area contributed by atoms with Gasteiger partial charge in [-0.25, -0.2) is 4.98 Å². The van der Waals surface area contributed by atoms with Gasteiger partial charge >= 0.3 is 0 Å². The van der Waals surface area contributed by atoms with E-state index >= 15 is 0 Å². The third-order valence-electron chi connectivity index (χ3n) is 6.07. The smallest absolute Gasteiger partial charge is 0.289 e. The molecule has 170 valence electrons. The van der Waals surface area contributed by atoms with Gasteiger partial charge in [0.2, 0.25) is 0 Å². The second-order valence-corrected chi connectivity index (χ2v) is 8.99. The van der Waals surface area contributed by atoms with Gasteiger partial charge in [0.05, 0.1) is 0 Å². The topological polar surface area (TPSA) is 68.7 Å². The number of hydrogen-bond donors (Lipinski definition) is 0. The number of benzene rings is 2. The summed E-state index contributed by atoms with van der Waals surface area (Å²) in [6.07, 6.45) is 1.57. The monoisotopic (exact) mass is 464 g/mol. The number of hydrogen-bond acceptors (Lipinski definition) is 5. The lowest BCUT2D eigenvalue weighted by molar-refractivity contribution is 0.0670. The van der Waals surface area contributed by atoms with E-state index in [4.69, 9.17) is 25.2 Å². The van der Waals surface area contributed by atoms with Crippen LogP contribution in [-0.4, -0.2) is 28.9 Å². The van der Waals surface area contributed by atoms with Gasteiger partial charge in [0.25, 0.3) is 5.91 Å². The van der Waals surface area contributed by atoms with Crippen molar-refractivity contribution in [3.63, 3.8) is 0 Å². The van der Waals surface area contributed by atoms with E-state index in [-0.39, 0.29) is 18.4 Å². The number of likely N-dealkylation sites (tertiary alicyclic amines) is 1. The van der Waals surface area contributed by atoms with Crippen LogP contribution in [0.15, 0.2) is 57.4 Å². The summed E-state index contributed by atoms with van der Waals surface area (Å²) in [5.41, 5.74) is 3.76. The first-order valence-corrected chi connectivity index (χ1v) is 11.5. The quantitative estimate of drug-likeness (QED) is 0.347. The van der Waals surface area contributed by atoms with Crippen molar-refractivity contribution in [3.8, 4) is 5.75 Å². The van der Waals surface area contributed by atoms with E-state index in [1.165, 1.54) is 5.56 Å². The number of carbonyl (C=O) groups excluding carboxylic acids is 1. The molecule has 5 rings (SSSR count). The van der Waals surface area contributed by atoms with Crippen molar-refractivity contribution in [1.29, 1.82) is 0 Å². The van der Waals surface area contributed by atoms with Crippen LogP contribution in [0.5, 0.6) is 5.75 Å². The highest BCUT2D eigenvalue weighted by Crippen LogP contribution is 2.31. The predicted molar refractivity (Wildman–Crippen MR) is 126 cm³/mol. The van der Waals surface area contributed by atoms with Crippen molar-refractivity contribution in [3.05, 3.63) is 82.1 Å². The number of ether oxygens (including phenoxy) is 1. The number of rotatable bonds is 5. The first kappa shape index (κ1) is 21.6. The average molecular weight is 465 g/mol. The Labute approximate surface area is 197 Å². The molecule has 2 aromatic carbocycles. The molecule has 0 bridgehead atoms. The molecule has 33 heavy (non-hydrogen) atoms. The molecule has 0 atom stereocenters. The highest BCUT2D eigenvalue weighted by atomic mass is 35.5. The standard InChI is InChI=1S/C26H25ClN2O4/c1-16-3-6-22(17(2)13-16)31-15-20-5-8-24(32-20)26(30)29-11-9-18(10-12-29)25-28-21-14-19(27)4-7-23(21)33-25/h3-8,13-14,18H,9-12,15H2,1-2H3. The lowest BCUT2D eigenvalue weighted by Gasteiger charge is -2.29. The van der Waals surface area contributed by atoms with Gasteiger partial charge in [0.15, 0.2) is 17.2 Å². The molecule has 0 saturated carbocycles. The predicted octanol–water partition coefficient (Wildman–Crippen LogP) is 6.29. The summed E-state index contributed by atoms with van der Waals surface area (Å²) in [6.45, 7) is 5.59. The van der Waals surface area contributed by atoms with Crippen LogP contribution in [0, 0.1) is 13.8 Å². The number of halogens is 1. The van der Waals surface area contributed by atoms with Crippen molar-refractivity contribution >= 4 is 28.6 Å². The molecule has 6 nitrogen and oxygen atoms in total. The highest BCUT2D eigenvalue weighted by molar-refractivity contribution is 6.31. The molecule has 0 radical (unpaired) electrons. The summed E-state index contributed by atoms with van der Waals surface area (Å²) >= 11 is 6.05. The fourth-order valence-corrected chi connectivity index (χ4v) is 4.43. The van der Waals surface area contributed by atoms with Crippen LogP contribution in [0.25, 0.3) is 11.1 Å². The van der Waals surface area contributed by atoms with Crippen LogP contribution in [0.2, 0.25) is 5.02 Å². The molecule has 1 saturated heterocycles. The number of piperidine rings is 1. The number of amides is 1. The Kier molecular flexibility index (Phi) is 5.85. The lowest BCUT2D eigenvalue weighted by Crippen LogP contribution is -2.37. The van der Waals surface area contributed by atoms with Crippen molar-refractivity contribution in [2.75, 3.05) is 13.1 Å². The summed E-state index contributed by atoms with van der Waals surface area (Å²) in [6, 6.07) is 15.0. The van der Waals surface area contributed by atoms with Crippen molar-refractivity contribution in [2.24, 2.45) is 0 Å². The van der Waals surface area contributed by atoms with Gasteiger partial charge in [-0.15, -0.1) is 0 Å². The average Bonchev–Trinajstić information content (AvgIpc) is 3.45. The van der Waals surface area contributed by atoms with Crippen molar-refractivity contribution in [2.45, 2.75) is 39.2 Å². The maximum absolute atomic E-state index is 12.9. The number of aromatic nitrogens is 1. The number of fused-ring (bicyclic) bond motifs is 1. The van der Waals surface area contributed by atoms with Gasteiger partial charge in [0.1, 0.15) is 23.6 Å². The molecule has 1 aliphatic heterocycles. The van der Waals surface area contributed by atoms with Gasteiger partial charge in [-0.2, -0.15) is 0 Å². The second kappa shape index (κ2) is 8.94. The molecule has 3 heterocycles. The Balaban J connectivity index is 1.18. The molecule has 0 N–H and O–H groups in total. The number of oxazole rings is 1. The van der Waals surface area contributed by atoms with E-state index in [1.807, 2.05) is 36.9 Å². The van der Waals surface area contributed by atoms with Crippen molar-refractivity contribution in [1.82, 2.24) is 9.88 Å². The molecule has 0 aliphatic carbocycles. The third kappa shape index (κ3) is 4.62. The first-order valence-electron chi connectivity index (χ1n) is 11.1. The van der Waals surface area contributed by atoms with Crippen LogP contribution in [0.4, 0.5) is 0 Å². The minimum absolute atomic E-state index is 0.101. The third-order valence-corrected chi connectivity index (χ3v) is 6.31. The molecule has 1 aliphatic rings. The molecule has 0 spiro atoms. The van der Waals surface area contributed by atoms with E-state index < -0.39 is 0 Å². The van der Waals surface area contributed by atoms with Gasteiger partial charge in [-0.1, -0.05) is 29.3 Å². The van der Waals surface area contributed by atoms with Gasteiger partial charge < -0.3 is 18.5 Å². The fraction of sp³-hybridized carbons (Fsp3) is 0.308. The normalized spacial score (nSPS) is 14.7. The lowest BCUT2D eigenvalue weighted by atomic mass is 9.96. The molecular formula is C26H25ClN2O4. The summed E-state index contributed by atoms with van der Waals surface area (Å²) < 4.78 is 17.6. The van der Waals surface area contributed by atoms with Gasteiger partial charge in [0, 0.05) is 24.0 Å². The summed E-state index contributed by atoms with van der Waals surface area (Å²) in [7, 11) is 0. The zero-order valence-corrected chi connectivity index (χ0v) is 19.4. The Bertz CT molecular complexity index is 1300. The molecular weight excluding hydrogens is 440 g/mol. The van der Waals surface area contributed by atoms with E-state index in [0.717, 1.165) is 35.3 Å². The maximum Gasteiger partial charge on any atom is 0.289 e. The maximum atomic E-state index is 12.9. The van der Waals surface area contributed by atoms with Crippen LogP contribution in [-0.2, 0) is 6.61 Å². The van der Waals surface area contributed by atoms with Crippen LogP contribution in [0.3, 0.4) is 0 Å². The molecule has 1 fully saturated rings. The minimum atomic E-state index is -0.101. The zero-order chi connectivity index (χ0) is 22.9. The Morgan fingerprint density at radius 3 is 2.70 bits per heavy atom. The van der Waals surface area contributed by atoms with Crippen molar-refractivity contribution < 1.29 is 18.4 Å². The van der Waals surface area contributed by atoms with Gasteiger partial charge in [-0.3, -0.25) is 4.79 Å². The van der Waals surface area contributed by atoms with E-state index in [2.05, 4.69) is 11.1 Å². The van der Waals surface area contributed by atoms with Crippen LogP contribution >= 0.6 is 11.6 Å². The number of carbonyl (C=O) groups is 1. The summed E-state index contributed by atoms with van der Waals surface area (Å²) in [5.74, 6) is 2.56. The largest absolute Gasteiger partial charge is 0.485 e. The molecule has 0 unspecified atom stereocenters. The number of aryl methyl sites for hydroxylation is 2. The highest BCUT2D eigenvalue weighted by Gasteiger charge is 2.29. The Morgan fingerprint density at radius 1 is 1.09 bits per heavy atom. The molecule has 7 heteroatoms. The zero-order valence-electron chi connectivity index (χ0n) is 18.6. The first-order chi connectivity index (χ1) is 16.0. The van der Waals surface area contributed by atoms with E-state index in [0.29, 0.717) is 35.5 Å². The Morgan fingerprint density at radius 2 is 1.91 bits per heavy atom. The van der Waals surface area contributed by atoms with Gasteiger partial charge in [-0.05, 0) is 68.7 Å². The van der Waals surface area contributed by atoms with Crippen LogP contribution in [0.1, 0.15) is 52.1 Å². The summed E-state index contributed by atoms with van der Waals surface area (Å²) in [4.78, 5) is 19.4. The van der Waals surface area contributed by atoms with Crippen LogP contribution < -0.4 is 4.74 Å². The molecule has 1 amide bonds. The number of furan rings is 1. The SMILES string of the molecule is Cc1ccc(OCc2ccc(C(=O)N3CCC(c4nc5cc(Cl)ccc5o4)CC3)o2)c(C)c1.